The number of aromatic nitrogens is 1. The minimum absolute atomic E-state index is 0.434. The number of hydrogen-bond donors (Lipinski definition) is 1. The topological polar surface area (TPSA) is 52.0 Å². The van der Waals surface area contributed by atoms with Crippen molar-refractivity contribution in [2.75, 3.05) is 5.73 Å². The number of rotatable bonds is 3. The van der Waals surface area contributed by atoms with Crippen LogP contribution in [-0.2, 0) is 6.42 Å². The van der Waals surface area contributed by atoms with Crippen LogP contribution in [0, 0.1) is 5.92 Å². The van der Waals surface area contributed by atoms with Gasteiger partial charge in [-0.25, -0.2) is 0 Å². The Kier molecular flexibility index (Phi) is 3.07. The van der Waals surface area contributed by atoms with Crippen LogP contribution in [0.25, 0.3) is 0 Å². The van der Waals surface area contributed by atoms with Gasteiger partial charge >= 0.3 is 0 Å². The molecule has 1 heterocycles. The molecule has 0 unspecified atom stereocenters. The van der Waals surface area contributed by atoms with Crippen molar-refractivity contribution < 1.29 is 4.52 Å². The zero-order chi connectivity index (χ0) is 9.80. The van der Waals surface area contributed by atoms with Crippen LogP contribution in [0.3, 0.4) is 0 Å². The second kappa shape index (κ2) is 4.49. The summed E-state index contributed by atoms with van der Waals surface area (Å²) in [4.78, 5) is 0. The zero-order valence-corrected chi connectivity index (χ0v) is 8.54. The Hall–Kier alpha value is -0.990. The van der Waals surface area contributed by atoms with E-state index in [9.17, 15) is 0 Å². The van der Waals surface area contributed by atoms with E-state index in [0.29, 0.717) is 5.88 Å². The van der Waals surface area contributed by atoms with Crippen LogP contribution in [0.2, 0.25) is 0 Å². The van der Waals surface area contributed by atoms with Gasteiger partial charge in [0.1, 0.15) is 0 Å². The Morgan fingerprint density at radius 2 is 2.14 bits per heavy atom. The summed E-state index contributed by atoms with van der Waals surface area (Å²) in [5.74, 6) is 1.34. The number of nitrogens with zero attached hydrogens (tertiary/aromatic N) is 1. The molecule has 2 rings (SSSR count). The molecule has 0 spiro atoms. The summed E-state index contributed by atoms with van der Waals surface area (Å²) in [5, 5.41) is 3.90. The van der Waals surface area contributed by atoms with Gasteiger partial charge in [-0.2, -0.15) is 0 Å². The van der Waals surface area contributed by atoms with E-state index in [1.165, 1.54) is 38.5 Å². The van der Waals surface area contributed by atoms with Crippen molar-refractivity contribution in [3.8, 4) is 0 Å². The first kappa shape index (κ1) is 9.56. The molecule has 3 nitrogen and oxygen atoms in total. The molecule has 14 heavy (non-hydrogen) atoms. The molecule has 78 valence electrons. The maximum absolute atomic E-state index is 5.46. The van der Waals surface area contributed by atoms with E-state index >= 15 is 0 Å². The lowest BCUT2D eigenvalue weighted by Gasteiger charge is -2.20. The molecule has 0 saturated heterocycles. The fourth-order valence-electron chi connectivity index (χ4n) is 2.27. The van der Waals surface area contributed by atoms with Crippen LogP contribution in [0.4, 0.5) is 5.88 Å². The second-order valence-corrected chi connectivity index (χ2v) is 4.26. The summed E-state index contributed by atoms with van der Waals surface area (Å²) in [5.41, 5.74) is 6.47. The Morgan fingerprint density at radius 3 is 2.79 bits per heavy atom. The summed E-state index contributed by atoms with van der Waals surface area (Å²) in [6, 6.07) is 1.84. The minimum atomic E-state index is 0.434. The van der Waals surface area contributed by atoms with Crippen molar-refractivity contribution in [1.82, 2.24) is 5.16 Å². The molecule has 0 amide bonds. The molecule has 1 aromatic heterocycles. The minimum Gasteiger partial charge on any atom is -0.368 e. The van der Waals surface area contributed by atoms with Crippen molar-refractivity contribution in [1.29, 1.82) is 0 Å². The maximum atomic E-state index is 5.46. The third kappa shape index (κ3) is 2.50. The van der Waals surface area contributed by atoms with Crippen LogP contribution >= 0.6 is 0 Å². The standard InChI is InChI=1S/C11H18N2O/c12-11-8-10(13-14-11)7-6-9-4-2-1-3-5-9/h8-9H,1-7,12H2. The SMILES string of the molecule is Nc1cc(CCC2CCCCC2)no1. The van der Waals surface area contributed by atoms with E-state index in [-0.39, 0.29) is 0 Å². The van der Waals surface area contributed by atoms with Gasteiger partial charge < -0.3 is 10.3 Å². The zero-order valence-electron chi connectivity index (χ0n) is 8.54. The number of nitrogen functional groups attached to an aromatic ring is 1. The summed E-state index contributed by atoms with van der Waals surface area (Å²) >= 11 is 0. The largest absolute Gasteiger partial charge is 0.368 e. The second-order valence-electron chi connectivity index (χ2n) is 4.26. The van der Waals surface area contributed by atoms with E-state index in [1.807, 2.05) is 6.07 Å². The Balaban J connectivity index is 1.76. The van der Waals surface area contributed by atoms with Gasteiger partial charge in [0.05, 0.1) is 5.69 Å². The lowest BCUT2D eigenvalue weighted by molar-refractivity contribution is 0.335. The van der Waals surface area contributed by atoms with E-state index in [4.69, 9.17) is 10.3 Å². The van der Waals surface area contributed by atoms with Crippen molar-refractivity contribution in [3.63, 3.8) is 0 Å². The van der Waals surface area contributed by atoms with Gasteiger partial charge in [0.15, 0.2) is 0 Å². The quantitative estimate of drug-likeness (QED) is 0.805. The lowest BCUT2D eigenvalue weighted by atomic mass is 9.86. The van der Waals surface area contributed by atoms with Crippen LogP contribution in [0.15, 0.2) is 10.6 Å². The predicted octanol–water partition coefficient (Wildman–Crippen LogP) is 2.77. The van der Waals surface area contributed by atoms with Crippen LogP contribution in [-0.4, -0.2) is 5.16 Å². The molecule has 0 atom stereocenters. The Morgan fingerprint density at radius 1 is 1.36 bits per heavy atom. The normalized spacial score (nSPS) is 18.6. The number of aryl methyl sites for hydroxylation is 1. The molecular weight excluding hydrogens is 176 g/mol. The van der Waals surface area contributed by atoms with Crippen molar-refractivity contribution >= 4 is 5.88 Å². The average molecular weight is 194 g/mol. The Labute approximate surface area is 84.7 Å². The van der Waals surface area contributed by atoms with Gasteiger partial charge in [-0.1, -0.05) is 37.3 Å². The molecule has 1 aliphatic carbocycles. The maximum Gasteiger partial charge on any atom is 0.222 e. The van der Waals surface area contributed by atoms with Gasteiger partial charge in [-0.15, -0.1) is 0 Å². The first-order valence-electron chi connectivity index (χ1n) is 5.55. The highest BCUT2D eigenvalue weighted by molar-refractivity contribution is 5.24. The first-order chi connectivity index (χ1) is 6.84. The molecule has 1 aromatic rings. The first-order valence-corrected chi connectivity index (χ1v) is 5.55. The highest BCUT2D eigenvalue weighted by Crippen LogP contribution is 2.27. The number of anilines is 1. The Bertz CT molecular complexity index is 277. The monoisotopic (exact) mass is 194 g/mol. The molecule has 0 radical (unpaired) electrons. The van der Waals surface area contributed by atoms with Crippen molar-refractivity contribution in [2.24, 2.45) is 5.92 Å². The summed E-state index contributed by atoms with van der Waals surface area (Å²) in [6.07, 6.45) is 9.29. The summed E-state index contributed by atoms with van der Waals surface area (Å²) in [7, 11) is 0. The van der Waals surface area contributed by atoms with Crippen LogP contribution < -0.4 is 5.73 Å². The molecule has 1 saturated carbocycles. The molecule has 0 aromatic carbocycles. The number of nitrogens with two attached hydrogens (primary N) is 1. The summed E-state index contributed by atoms with van der Waals surface area (Å²) in [6.45, 7) is 0. The number of hydrogen-bond acceptors (Lipinski definition) is 3. The molecule has 3 heteroatoms. The van der Waals surface area contributed by atoms with Gasteiger partial charge in [0, 0.05) is 6.07 Å². The third-order valence-electron chi connectivity index (χ3n) is 3.11. The van der Waals surface area contributed by atoms with E-state index < -0.39 is 0 Å². The van der Waals surface area contributed by atoms with E-state index in [0.717, 1.165) is 18.0 Å². The molecular formula is C11H18N2O. The van der Waals surface area contributed by atoms with Crippen molar-refractivity contribution in [2.45, 2.75) is 44.9 Å². The van der Waals surface area contributed by atoms with Gasteiger partial charge in [-0.3, -0.25) is 0 Å². The molecule has 1 aliphatic rings. The van der Waals surface area contributed by atoms with E-state index in [2.05, 4.69) is 5.16 Å². The average Bonchev–Trinajstić information content (AvgIpc) is 2.63. The molecule has 0 aliphatic heterocycles. The molecule has 0 bridgehead atoms. The molecule has 2 N–H and O–H groups in total. The van der Waals surface area contributed by atoms with Gasteiger partial charge in [0.25, 0.3) is 0 Å². The van der Waals surface area contributed by atoms with Crippen molar-refractivity contribution in [3.05, 3.63) is 11.8 Å². The fraction of sp³-hybridized carbons (Fsp3) is 0.727. The third-order valence-corrected chi connectivity index (χ3v) is 3.11. The molecule has 1 fully saturated rings. The predicted molar refractivity (Wildman–Crippen MR) is 55.8 cm³/mol. The highest BCUT2D eigenvalue weighted by atomic mass is 16.5. The van der Waals surface area contributed by atoms with Gasteiger partial charge in [-0.05, 0) is 18.8 Å². The van der Waals surface area contributed by atoms with Gasteiger partial charge in [0.2, 0.25) is 5.88 Å². The van der Waals surface area contributed by atoms with Crippen LogP contribution in [0.1, 0.15) is 44.2 Å². The van der Waals surface area contributed by atoms with E-state index in [1.54, 1.807) is 0 Å². The van der Waals surface area contributed by atoms with Crippen LogP contribution in [0.5, 0.6) is 0 Å². The summed E-state index contributed by atoms with van der Waals surface area (Å²) < 4.78 is 4.83. The lowest BCUT2D eigenvalue weighted by Crippen LogP contribution is -2.07. The fourth-order valence-corrected chi connectivity index (χ4v) is 2.27. The highest BCUT2D eigenvalue weighted by Gasteiger charge is 2.13. The smallest absolute Gasteiger partial charge is 0.222 e.